The van der Waals surface area contributed by atoms with E-state index in [0.717, 1.165) is 25.0 Å². The number of carbonyl (C=O) groups excluding carboxylic acids is 1. The quantitative estimate of drug-likeness (QED) is 0.778. The van der Waals surface area contributed by atoms with Crippen molar-refractivity contribution in [2.24, 2.45) is 11.8 Å². The summed E-state index contributed by atoms with van der Waals surface area (Å²) in [6, 6.07) is 6.23. The Balaban J connectivity index is 2.05. The SMILES string of the molecule is N#CC(CC(=O)c1ccc(C(F)(F)F)cc1)C1CC1. The number of ketones is 1. The number of carbonyl (C=O) groups is 1. The van der Waals surface area contributed by atoms with Gasteiger partial charge >= 0.3 is 6.18 Å². The van der Waals surface area contributed by atoms with Gasteiger partial charge in [0.25, 0.3) is 0 Å². The molecule has 1 aromatic carbocycles. The van der Waals surface area contributed by atoms with Crippen LogP contribution >= 0.6 is 0 Å². The van der Waals surface area contributed by atoms with Crippen LogP contribution in [-0.4, -0.2) is 5.78 Å². The molecular formula is C14H12F3NO. The van der Waals surface area contributed by atoms with E-state index in [2.05, 4.69) is 6.07 Å². The predicted molar refractivity (Wildman–Crippen MR) is 62.2 cm³/mol. The Morgan fingerprint density at radius 3 is 2.32 bits per heavy atom. The average molecular weight is 267 g/mol. The molecule has 1 aliphatic rings. The molecule has 0 aliphatic heterocycles. The largest absolute Gasteiger partial charge is 0.416 e. The Morgan fingerprint density at radius 1 is 1.32 bits per heavy atom. The molecule has 100 valence electrons. The first-order valence-electron chi connectivity index (χ1n) is 6.02. The van der Waals surface area contributed by atoms with Crippen molar-refractivity contribution in [1.29, 1.82) is 5.26 Å². The molecule has 1 fully saturated rings. The van der Waals surface area contributed by atoms with Gasteiger partial charge in [-0.05, 0) is 30.9 Å². The van der Waals surface area contributed by atoms with Crippen molar-refractivity contribution in [3.63, 3.8) is 0 Å². The number of Topliss-reactive ketones (excluding diaryl/α,β-unsaturated/α-hetero) is 1. The van der Waals surface area contributed by atoms with Crippen LogP contribution in [0.4, 0.5) is 13.2 Å². The molecular weight excluding hydrogens is 255 g/mol. The molecule has 19 heavy (non-hydrogen) atoms. The fourth-order valence-corrected chi connectivity index (χ4v) is 1.98. The third kappa shape index (κ3) is 3.34. The van der Waals surface area contributed by atoms with E-state index in [-0.39, 0.29) is 29.6 Å². The van der Waals surface area contributed by atoms with Gasteiger partial charge in [0.05, 0.1) is 17.6 Å². The monoisotopic (exact) mass is 267 g/mol. The molecule has 5 heteroatoms. The van der Waals surface area contributed by atoms with Gasteiger partial charge in [0.1, 0.15) is 0 Å². The summed E-state index contributed by atoms with van der Waals surface area (Å²) in [5, 5.41) is 8.93. The van der Waals surface area contributed by atoms with Crippen LogP contribution in [0.5, 0.6) is 0 Å². The zero-order chi connectivity index (χ0) is 14.0. The van der Waals surface area contributed by atoms with Crippen molar-refractivity contribution in [3.05, 3.63) is 35.4 Å². The van der Waals surface area contributed by atoms with E-state index in [9.17, 15) is 18.0 Å². The van der Waals surface area contributed by atoms with Gasteiger partial charge in [-0.1, -0.05) is 12.1 Å². The van der Waals surface area contributed by atoms with Gasteiger partial charge in [-0.25, -0.2) is 0 Å². The van der Waals surface area contributed by atoms with Gasteiger partial charge < -0.3 is 0 Å². The van der Waals surface area contributed by atoms with Crippen LogP contribution in [0.25, 0.3) is 0 Å². The minimum Gasteiger partial charge on any atom is -0.294 e. The topological polar surface area (TPSA) is 40.9 Å². The van der Waals surface area contributed by atoms with Crippen LogP contribution in [0.3, 0.4) is 0 Å². The van der Waals surface area contributed by atoms with Crippen molar-refractivity contribution >= 4 is 5.78 Å². The lowest BCUT2D eigenvalue weighted by Gasteiger charge is -2.09. The first kappa shape index (κ1) is 13.6. The number of nitriles is 1. The Morgan fingerprint density at radius 2 is 1.89 bits per heavy atom. The van der Waals surface area contributed by atoms with E-state index in [0.29, 0.717) is 0 Å². The van der Waals surface area contributed by atoms with Crippen molar-refractivity contribution in [1.82, 2.24) is 0 Å². The number of nitrogens with zero attached hydrogens (tertiary/aromatic N) is 1. The third-order valence-corrected chi connectivity index (χ3v) is 3.30. The maximum absolute atomic E-state index is 12.4. The summed E-state index contributed by atoms with van der Waals surface area (Å²) < 4.78 is 37.1. The van der Waals surface area contributed by atoms with E-state index >= 15 is 0 Å². The van der Waals surface area contributed by atoms with Crippen LogP contribution in [0.2, 0.25) is 0 Å². The summed E-state index contributed by atoms with van der Waals surface area (Å²) in [6.45, 7) is 0. The smallest absolute Gasteiger partial charge is 0.294 e. The summed E-state index contributed by atoms with van der Waals surface area (Å²) in [7, 11) is 0. The molecule has 0 N–H and O–H groups in total. The number of hydrogen-bond acceptors (Lipinski definition) is 2. The van der Waals surface area contributed by atoms with Crippen LogP contribution in [-0.2, 0) is 6.18 Å². The van der Waals surface area contributed by atoms with E-state index in [1.165, 1.54) is 12.1 Å². The highest BCUT2D eigenvalue weighted by Gasteiger charge is 2.33. The number of benzene rings is 1. The highest BCUT2D eigenvalue weighted by molar-refractivity contribution is 5.96. The molecule has 2 rings (SSSR count). The van der Waals surface area contributed by atoms with Crippen LogP contribution in [0.15, 0.2) is 24.3 Å². The summed E-state index contributed by atoms with van der Waals surface area (Å²) in [5.41, 5.74) is -0.544. The lowest BCUT2D eigenvalue weighted by atomic mass is 9.95. The molecule has 0 bridgehead atoms. The second-order valence-corrected chi connectivity index (χ2v) is 4.78. The van der Waals surface area contributed by atoms with E-state index in [4.69, 9.17) is 5.26 Å². The Bertz CT molecular complexity index is 509. The number of halogens is 3. The van der Waals surface area contributed by atoms with Gasteiger partial charge in [0.2, 0.25) is 0 Å². The van der Waals surface area contributed by atoms with Crippen molar-refractivity contribution < 1.29 is 18.0 Å². The Kier molecular flexibility index (Phi) is 3.61. The summed E-state index contributed by atoms with van der Waals surface area (Å²) in [6.07, 6.45) is -2.39. The molecule has 0 spiro atoms. The Labute approximate surface area is 108 Å². The van der Waals surface area contributed by atoms with E-state index in [1.807, 2.05) is 0 Å². The minimum absolute atomic E-state index is 0.0898. The first-order chi connectivity index (χ1) is 8.91. The van der Waals surface area contributed by atoms with Gasteiger partial charge in [-0.2, -0.15) is 18.4 Å². The standard InChI is InChI=1S/C14H12F3NO/c15-14(16,17)12-5-3-10(4-6-12)13(19)7-11(8-18)9-1-2-9/h3-6,9,11H,1-2,7H2. The maximum Gasteiger partial charge on any atom is 0.416 e. The number of rotatable bonds is 4. The van der Waals surface area contributed by atoms with Crippen LogP contribution in [0, 0.1) is 23.2 Å². The highest BCUT2D eigenvalue weighted by atomic mass is 19.4. The Hall–Kier alpha value is -1.83. The molecule has 0 saturated heterocycles. The average Bonchev–Trinajstić information content (AvgIpc) is 3.19. The lowest BCUT2D eigenvalue weighted by molar-refractivity contribution is -0.137. The summed E-state index contributed by atoms with van der Waals surface area (Å²) in [5.74, 6) is -0.301. The molecule has 1 unspecified atom stereocenters. The van der Waals surface area contributed by atoms with Gasteiger partial charge in [-0.15, -0.1) is 0 Å². The van der Waals surface area contributed by atoms with Gasteiger partial charge in [-0.3, -0.25) is 4.79 Å². The van der Waals surface area contributed by atoms with Crippen LogP contribution in [0.1, 0.15) is 35.2 Å². The van der Waals surface area contributed by atoms with Crippen molar-refractivity contribution in [2.45, 2.75) is 25.4 Å². The first-order valence-corrected chi connectivity index (χ1v) is 6.02. The molecule has 0 aromatic heterocycles. The van der Waals surface area contributed by atoms with E-state index < -0.39 is 11.7 Å². The van der Waals surface area contributed by atoms with Gasteiger partial charge in [0.15, 0.2) is 5.78 Å². The molecule has 0 heterocycles. The zero-order valence-electron chi connectivity index (χ0n) is 10.1. The van der Waals surface area contributed by atoms with E-state index in [1.54, 1.807) is 0 Å². The third-order valence-electron chi connectivity index (χ3n) is 3.30. The summed E-state index contributed by atoms with van der Waals surface area (Å²) >= 11 is 0. The molecule has 1 aromatic rings. The van der Waals surface area contributed by atoms with Crippen molar-refractivity contribution in [2.75, 3.05) is 0 Å². The predicted octanol–water partition coefficient (Wildman–Crippen LogP) is 3.83. The highest BCUT2D eigenvalue weighted by Crippen LogP contribution is 2.38. The number of hydrogen-bond donors (Lipinski definition) is 0. The lowest BCUT2D eigenvalue weighted by Crippen LogP contribution is -2.10. The molecule has 1 atom stereocenters. The fourth-order valence-electron chi connectivity index (χ4n) is 1.98. The molecule has 1 saturated carbocycles. The molecule has 0 radical (unpaired) electrons. The molecule has 2 nitrogen and oxygen atoms in total. The minimum atomic E-state index is -4.40. The normalized spacial score (nSPS) is 16.7. The molecule has 0 amide bonds. The maximum atomic E-state index is 12.4. The molecule has 1 aliphatic carbocycles. The second-order valence-electron chi connectivity index (χ2n) is 4.78. The van der Waals surface area contributed by atoms with Gasteiger partial charge in [0, 0.05) is 12.0 Å². The summed E-state index contributed by atoms with van der Waals surface area (Å²) in [4.78, 5) is 11.9. The zero-order valence-corrected chi connectivity index (χ0v) is 10.1. The number of alkyl halides is 3. The van der Waals surface area contributed by atoms with Crippen molar-refractivity contribution in [3.8, 4) is 6.07 Å². The van der Waals surface area contributed by atoms with Crippen LogP contribution < -0.4 is 0 Å². The second kappa shape index (κ2) is 5.04. The fraction of sp³-hybridized carbons (Fsp3) is 0.429.